The second-order valence-corrected chi connectivity index (χ2v) is 9.59. The summed E-state index contributed by atoms with van der Waals surface area (Å²) in [6.45, 7) is 2.05. The SMILES string of the molecule is CN(CCNC(=O)C[S@@](=O)Cc1cnn(-c2ccccc2)c1-n1cccc1)Cc1ccccc1. The van der Waals surface area contributed by atoms with Gasteiger partial charge in [-0.2, -0.15) is 5.10 Å². The van der Waals surface area contributed by atoms with Gasteiger partial charge in [-0.25, -0.2) is 4.68 Å². The minimum atomic E-state index is -1.35. The van der Waals surface area contributed by atoms with E-state index in [0.29, 0.717) is 6.54 Å². The summed E-state index contributed by atoms with van der Waals surface area (Å²) in [5, 5.41) is 7.42. The molecule has 7 nitrogen and oxygen atoms in total. The van der Waals surface area contributed by atoms with E-state index < -0.39 is 10.8 Å². The van der Waals surface area contributed by atoms with Crippen molar-refractivity contribution in [3.8, 4) is 11.5 Å². The first kappa shape index (κ1) is 23.7. The van der Waals surface area contributed by atoms with E-state index in [1.54, 1.807) is 6.20 Å². The van der Waals surface area contributed by atoms with Crippen LogP contribution in [0.25, 0.3) is 11.5 Å². The highest BCUT2D eigenvalue weighted by Gasteiger charge is 2.17. The molecule has 0 saturated carbocycles. The number of nitrogens with zero attached hydrogens (tertiary/aromatic N) is 4. The molecule has 2 aromatic carbocycles. The van der Waals surface area contributed by atoms with Crippen molar-refractivity contribution in [1.29, 1.82) is 0 Å². The Morgan fingerprint density at radius 2 is 1.68 bits per heavy atom. The zero-order chi connectivity index (χ0) is 23.8. The Morgan fingerprint density at radius 3 is 2.38 bits per heavy atom. The molecule has 0 spiro atoms. The number of para-hydroxylation sites is 1. The maximum absolute atomic E-state index is 12.8. The van der Waals surface area contributed by atoms with Gasteiger partial charge in [0, 0.05) is 48.4 Å². The Labute approximate surface area is 202 Å². The number of amides is 1. The normalized spacial score (nSPS) is 12.1. The molecular weight excluding hydrogens is 446 g/mol. The number of aromatic nitrogens is 3. The summed E-state index contributed by atoms with van der Waals surface area (Å²) in [4.78, 5) is 14.5. The zero-order valence-electron chi connectivity index (χ0n) is 19.2. The molecular formula is C26H29N5O2S. The molecule has 34 heavy (non-hydrogen) atoms. The third kappa shape index (κ3) is 6.30. The predicted octanol–water partition coefficient (Wildman–Crippen LogP) is 3.16. The molecule has 0 aliphatic rings. The monoisotopic (exact) mass is 475 g/mol. The number of nitrogens with one attached hydrogen (secondary N) is 1. The third-order valence-electron chi connectivity index (χ3n) is 5.39. The highest BCUT2D eigenvalue weighted by atomic mass is 32.2. The molecule has 0 radical (unpaired) electrons. The summed E-state index contributed by atoms with van der Waals surface area (Å²) >= 11 is 0. The highest BCUT2D eigenvalue weighted by Crippen LogP contribution is 2.21. The molecule has 0 aliphatic carbocycles. The summed E-state index contributed by atoms with van der Waals surface area (Å²) in [6.07, 6.45) is 5.60. The molecule has 0 unspecified atom stereocenters. The Kier molecular flexibility index (Phi) is 8.06. The van der Waals surface area contributed by atoms with E-state index in [0.717, 1.165) is 30.2 Å². The summed E-state index contributed by atoms with van der Waals surface area (Å²) in [7, 11) is 0.664. The van der Waals surface area contributed by atoms with Crippen LogP contribution in [0.15, 0.2) is 91.4 Å². The summed E-state index contributed by atoms with van der Waals surface area (Å²) in [5.74, 6) is 0.836. The van der Waals surface area contributed by atoms with Crippen LogP contribution in [0.2, 0.25) is 0 Å². The second-order valence-electron chi connectivity index (χ2n) is 8.13. The van der Waals surface area contributed by atoms with Crippen LogP contribution in [0.4, 0.5) is 0 Å². The Hall–Kier alpha value is -3.49. The fourth-order valence-corrected chi connectivity index (χ4v) is 4.82. The fourth-order valence-electron chi connectivity index (χ4n) is 3.77. The molecule has 176 valence electrons. The molecule has 0 saturated heterocycles. The van der Waals surface area contributed by atoms with E-state index >= 15 is 0 Å². The largest absolute Gasteiger partial charge is 0.354 e. The lowest BCUT2D eigenvalue weighted by atomic mass is 10.2. The van der Waals surface area contributed by atoms with Crippen molar-refractivity contribution >= 4 is 16.7 Å². The van der Waals surface area contributed by atoms with Crippen LogP contribution in [0, 0.1) is 0 Å². The lowest BCUT2D eigenvalue weighted by Crippen LogP contribution is -2.35. The molecule has 1 amide bonds. The van der Waals surface area contributed by atoms with E-state index in [9.17, 15) is 9.00 Å². The van der Waals surface area contributed by atoms with Crippen molar-refractivity contribution in [3.63, 3.8) is 0 Å². The number of benzene rings is 2. The van der Waals surface area contributed by atoms with Gasteiger partial charge in [-0.1, -0.05) is 48.5 Å². The van der Waals surface area contributed by atoms with E-state index in [-0.39, 0.29) is 17.4 Å². The van der Waals surface area contributed by atoms with Gasteiger partial charge in [0.1, 0.15) is 11.6 Å². The Bertz CT molecular complexity index is 1210. The zero-order valence-corrected chi connectivity index (χ0v) is 20.0. The van der Waals surface area contributed by atoms with Gasteiger partial charge in [0.05, 0.1) is 17.6 Å². The molecule has 0 bridgehead atoms. The van der Waals surface area contributed by atoms with Gasteiger partial charge in [0.25, 0.3) is 0 Å². The van der Waals surface area contributed by atoms with E-state index in [2.05, 4.69) is 27.4 Å². The van der Waals surface area contributed by atoms with E-state index in [4.69, 9.17) is 0 Å². The summed E-state index contributed by atoms with van der Waals surface area (Å²) in [5.41, 5.74) is 2.97. The van der Waals surface area contributed by atoms with Gasteiger partial charge in [0.2, 0.25) is 5.91 Å². The number of carbonyl (C=O) groups is 1. The average molecular weight is 476 g/mol. The lowest BCUT2D eigenvalue weighted by Gasteiger charge is -2.17. The van der Waals surface area contributed by atoms with Crippen molar-refractivity contribution in [2.24, 2.45) is 0 Å². The standard InChI is InChI=1S/C26H29N5O2S/c1-29(19-22-10-4-2-5-11-22)17-14-27-25(32)21-34(33)20-23-18-28-31(24-12-6-3-7-13-24)26(23)30-15-8-9-16-30/h2-13,15-16,18H,14,17,19-21H2,1H3,(H,27,32)/t34-/m0/s1. The van der Waals surface area contributed by atoms with Crippen LogP contribution >= 0.6 is 0 Å². The Morgan fingerprint density at radius 1 is 1.00 bits per heavy atom. The van der Waals surface area contributed by atoms with Crippen molar-refractivity contribution in [2.45, 2.75) is 12.3 Å². The second kappa shape index (κ2) is 11.6. The molecule has 4 rings (SSSR count). The van der Waals surface area contributed by atoms with Crippen molar-refractivity contribution in [1.82, 2.24) is 24.6 Å². The van der Waals surface area contributed by atoms with Crippen molar-refractivity contribution in [2.75, 3.05) is 25.9 Å². The number of carbonyl (C=O) groups excluding carboxylic acids is 1. The van der Waals surface area contributed by atoms with Crippen LogP contribution in [0.3, 0.4) is 0 Å². The summed E-state index contributed by atoms with van der Waals surface area (Å²) < 4.78 is 16.6. The average Bonchev–Trinajstić information content (AvgIpc) is 3.50. The van der Waals surface area contributed by atoms with Crippen molar-refractivity contribution in [3.05, 3.63) is 103 Å². The van der Waals surface area contributed by atoms with Crippen LogP contribution in [0.5, 0.6) is 0 Å². The first-order valence-corrected chi connectivity index (χ1v) is 12.7. The quantitative estimate of drug-likeness (QED) is 0.362. The maximum atomic E-state index is 12.8. The van der Waals surface area contributed by atoms with Gasteiger partial charge in [-0.15, -0.1) is 0 Å². The number of hydrogen-bond acceptors (Lipinski definition) is 4. The molecule has 1 N–H and O–H groups in total. The van der Waals surface area contributed by atoms with E-state index in [1.165, 1.54) is 5.56 Å². The van der Waals surface area contributed by atoms with Gasteiger partial charge in [0.15, 0.2) is 0 Å². The highest BCUT2D eigenvalue weighted by molar-refractivity contribution is 7.84. The molecule has 0 aliphatic heterocycles. The van der Waals surface area contributed by atoms with Crippen LogP contribution in [-0.4, -0.2) is 55.3 Å². The predicted molar refractivity (Wildman–Crippen MR) is 135 cm³/mol. The molecule has 1 atom stereocenters. The molecule has 2 heterocycles. The number of likely N-dealkylation sites (N-methyl/N-ethyl adjacent to an activating group) is 1. The van der Waals surface area contributed by atoms with Crippen LogP contribution in [-0.2, 0) is 27.9 Å². The topological polar surface area (TPSA) is 72.2 Å². The van der Waals surface area contributed by atoms with E-state index in [1.807, 2.05) is 89.4 Å². The lowest BCUT2D eigenvalue weighted by molar-refractivity contribution is -0.118. The first-order valence-electron chi connectivity index (χ1n) is 11.2. The minimum absolute atomic E-state index is 0.0377. The maximum Gasteiger partial charge on any atom is 0.232 e. The number of hydrogen-bond donors (Lipinski definition) is 1. The molecule has 2 aromatic heterocycles. The third-order valence-corrected chi connectivity index (χ3v) is 6.60. The first-order chi connectivity index (χ1) is 16.6. The van der Waals surface area contributed by atoms with Crippen LogP contribution in [0.1, 0.15) is 11.1 Å². The smallest absolute Gasteiger partial charge is 0.232 e. The molecule has 4 aromatic rings. The molecule has 0 fully saturated rings. The minimum Gasteiger partial charge on any atom is -0.354 e. The van der Waals surface area contributed by atoms with Crippen molar-refractivity contribution < 1.29 is 9.00 Å². The van der Waals surface area contributed by atoms with Gasteiger partial charge >= 0.3 is 0 Å². The Balaban J connectivity index is 1.32. The van der Waals surface area contributed by atoms with Gasteiger partial charge < -0.3 is 14.8 Å². The van der Waals surface area contributed by atoms with Gasteiger partial charge in [-0.3, -0.25) is 9.00 Å². The number of rotatable bonds is 11. The molecule has 8 heteroatoms. The van der Waals surface area contributed by atoms with Gasteiger partial charge in [-0.05, 0) is 36.9 Å². The fraction of sp³-hybridized carbons (Fsp3) is 0.231. The van der Waals surface area contributed by atoms with Crippen LogP contribution < -0.4 is 5.32 Å². The summed E-state index contributed by atoms with van der Waals surface area (Å²) in [6, 6.07) is 23.9.